The summed E-state index contributed by atoms with van der Waals surface area (Å²) in [6.07, 6.45) is 0.485. The minimum atomic E-state index is -0.280. The summed E-state index contributed by atoms with van der Waals surface area (Å²) in [5.41, 5.74) is -0.0537. The summed E-state index contributed by atoms with van der Waals surface area (Å²) in [6, 6.07) is 0.421. The van der Waals surface area contributed by atoms with E-state index in [-0.39, 0.29) is 18.1 Å². The molecule has 0 aliphatic carbocycles. The van der Waals surface area contributed by atoms with Crippen LogP contribution in [0.5, 0.6) is 0 Å². The summed E-state index contributed by atoms with van der Waals surface area (Å²) in [5, 5.41) is 18.8. The Bertz CT molecular complexity index is 163. The van der Waals surface area contributed by atoms with Gasteiger partial charge in [-0.15, -0.1) is 0 Å². The van der Waals surface area contributed by atoms with Crippen molar-refractivity contribution in [3.05, 3.63) is 0 Å². The van der Waals surface area contributed by atoms with Gasteiger partial charge in [-0.3, -0.25) is 4.90 Å². The second kappa shape index (κ2) is 6.46. The van der Waals surface area contributed by atoms with Crippen molar-refractivity contribution in [2.75, 3.05) is 19.7 Å². The molecule has 0 aromatic heterocycles. The molecule has 1 atom stereocenters. The van der Waals surface area contributed by atoms with Crippen molar-refractivity contribution in [2.24, 2.45) is 5.41 Å². The number of nitrogens with zero attached hydrogens (tertiary/aromatic N) is 1. The molecule has 0 aromatic rings. The predicted octanol–water partition coefficient (Wildman–Crippen LogP) is 1.49. The van der Waals surface area contributed by atoms with Crippen LogP contribution in [0.4, 0.5) is 0 Å². The van der Waals surface area contributed by atoms with E-state index in [0.717, 1.165) is 13.0 Å². The Kier molecular flexibility index (Phi) is 6.41. The summed E-state index contributed by atoms with van der Waals surface area (Å²) in [5.74, 6) is 0. The third kappa shape index (κ3) is 6.13. The van der Waals surface area contributed by atoms with Gasteiger partial charge in [0.25, 0.3) is 0 Å². The summed E-state index contributed by atoms with van der Waals surface area (Å²) in [6.45, 7) is 12.1. The van der Waals surface area contributed by atoms with Crippen molar-refractivity contribution in [3.8, 4) is 0 Å². The van der Waals surface area contributed by atoms with Crippen LogP contribution in [-0.4, -0.2) is 47.0 Å². The van der Waals surface area contributed by atoms with Crippen molar-refractivity contribution in [1.82, 2.24) is 4.90 Å². The van der Waals surface area contributed by atoms with E-state index >= 15 is 0 Å². The van der Waals surface area contributed by atoms with Gasteiger partial charge in [-0.2, -0.15) is 0 Å². The van der Waals surface area contributed by atoms with Crippen LogP contribution in [0.25, 0.3) is 0 Å². The second-order valence-electron chi connectivity index (χ2n) is 5.52. The van der Waals surface area contributed by atoms with Gasteiger partial charge in [-0.25, -0.2) is 0 Å². The maximum Gasteiger partial charge on any atom is 0.0600 e. The fourth-order valence-electron chi connectivity index (χ4n) is 1.48. The molecule has 1 unspecified atom stereocenters. The molecule has 0 aromatic carbocycles. The first kappa shape index (κ1) is 14.9. The molecule has 92 valence electrons. The van der Waals surface area contributed by atoms with E-state index in [4.69, 9.17) is 5.11 Å². The Balaban J connectivity index is 3.99. The van der Waals surface area contributed by atoms with Crippen molar-refractivity contribution < 1.29 is 10.2 Å². The van der Waals surface area contributed by atoms with Crippen LogP contribution in [-0.2, 0) is 0 Å². The van der Waals surface area contributed by atoms with Gasteiger partial charge in [-0.1, -0.05) is 20.8 Å². The van der Waals surface area contributed by atoms with Gasteiger partial charge in [-0.05, 0) is 25.7 Å². The number of hydrogen-bond donors (Lipinski definition) is 2. The van der Waals surface area contributed by atoms with E-state index in [1.54, 1.807) is 0 Å². The van der Waals surface area contributed by atoms with E-state index in [1.165, 1.54) is 0 Å². The zero-order chi connectivity index (χ0) is 12.1. The average molecular weight is 217 g/mol. The fraction of sp³-hybridized carbons (Fsp3) is 1.00. The monoisotopic (exact) mass is 217 g/mol. The Hall–Kier alpha value is -0.120. The van der Waals surface area contributed by atoms with Crippen LogP contribution in [0.15, 0.2) is 0 Å². The third-order valence-corrected chi connectivity index (χ3v) is 2.81. The lowest BCUT2D eigenvalue weighted by Crippen LogP contribution is -2.38. The standard InChI is InChI=1S/C12H27NO2/c1-10(2)13(8-9-14)7-6-11(15)12(3,4)5/h10-11,14-15H,6-9H2,1-5H3. The lowest BCUT2D eigenvalue weighted by atomic mass is 9.87. The summed E-state index contributed by atoms with van der Waals surface area (Å²) in [4.78, 5) is 2.19. The van der Waals surface area contributed by atoms with Crippen LogP contribution >= 0.6 is 0 Å². The smallest absolute Gasteiger partial charge is 0.0600 e. The zero-order valence-electron chi connectivity index (χ0n) is 10.8. The highest BCUT2D eigenvalue weighted by molar-refractivity contribution is 4.75. The van der Waals surface area contributed by atoms with Crippen LogP contribution in [0, 0.1) is 5.41 Å². The molecular formula is C12H27NO2. The van der Waals surface area contributed by atoms with Crippen molar-refractivity contribution in [1.29, 1.82) is 0 Å². The van der Waals surface area contributed by atoms with Gasteiger partial charge < -0.3 is 10.2 Å². The molecule has 0 amide bonds. The first-order valence-electron chi connectivity index (χ1n) is 5.82. The fourth-order valence-corrected chi connectivity index (χ4v) is 1.48. The Morgan fingerprint density at radius 3 is 2.00 bits per heavy atom. The van der Waals surface area contributed by atoms with E-state index in [0.29, 0.717) is 12.6 Å². The highest BCUT2D eigenvalue weighted by Crippen LogP contribution is 2.21. The maximum atomic E-state index is 9.90. The molecule has 0 saturated heterocycles. The molecule has 0 rings (SSSR count). The minimum absolute atomic E-state index is 0.0537. The summed E-state index contributed by atoms with van der Waals surface area (Å²) < 4.78 is 0. The van der Waals surface area contributed by atoms with Crippen molar-refractivity contribution in [2.45, 2.75) is 53.2 Å². The van der Waals surface area contributed by atoms with E-state index in [9.17, 15) is 5.11 Å². The quantitative estimate of drug-likeness (QED) is 0.708. The molecule has 3 nitrogen and oxygen atoms in total. The lowest BCUT2D eigenvalue weighted by Gasteiger charge is -2.30. The molecule has 0 aliphatic heterocycles. The Morgan fingerprint density at radius 2 is 1.67 bits per heavy atom. The molecule has 2 N–H and O–H groups in total. The molecule has 0 heterocycles. The Morgan fingerprint density at radius 1 is 1.13 bits per heavy atom. The minimum Gasteiger partial charge on any atom is -0.395 e. The molecule has 0 aliphatic rings. The molecule has 0 saturated carbocycles. The van der Waals surface area contributed by atoms with Crippen LogP contribution in [0.1, 0.15) is 41.0 Å². The zero-order valence-corrected chi connectivity index (χ0v) is 10.8. The summed E-state index contributed by atoms with van der Waals surface area (Å²) >= 11 is 0. The number of aliphatic hydroxyl groups excluding tert-OH is 2. The summed E-state index contributed by atoms with van der Waals surface area (Å²) in [7, 11) is 0. The van der Waals surface area contributed by atoms with Crippen LogP contribution in [0.2, 0.25) is 0 Å². The van der Waals surface area contributed by atoms with E-state index in [2.05, 4.69) is 18.7 Å². The van der Waals surface area contributed by atoms with Crippen LogP contribution in [0.3, 0.4) is 0 Å². The molecule has 0 fully saturated rings. The molecule has 0 spiro atoms. The predicted molar refractivity (Wildman–Crippen MR) is 63.9 cm³/mol. The third-order valence-electron chi connectivity index (χ3n) is 2.81. The molecule has 15 heavy (non-hydrogen) atoms. The molecule has 0 radical (unpaired) electrons. The van der Waals surface area contributed by atoms with Gasteiger partial charge in [0.2, 0.25) is 0 Å². The van der Waals surface area contributed by atoms with Gasteiger partial charge >= 0.3 is 0 Å². The van der Waals surface area contributed by atoms with Crippen molar-refractivity contribution in [3.63, 3.8) is 0 Å². The first-order valence-corrected chi connectivity index (χ1v) is 5.82. The van der Waals surface area contributed by atoms with Gasteiger partial charge in [0.15, 0.2) is 0 Å². The molecular weight excluding hydrogens is 190 g/mol. The topological polar surface area (TPSA) is 43.7 Å². The van der Waals surface area contributed by atoms with E-state index in [1.807, 2.05) is 20.8 Å². The highest BCUT2D eigenvalue weighted by atomic mass is 16.3. The van der Waals surface area contributed by atoms with Gasteiger partial charge in [0.05, 0.1) is 12.7 Å². The number of rotatable bonds is 6. The largest absolute Gasteiger partial charge is 0.395 e. The van der Waals surface area contributed by atoms with Crippen molar-refractivity contribution >= 4 is 0 Å². The first-order chi connectivity index (χ1) is 6.79. The number of hydrogen-bond acceptors (Lipinski definition) is 3. The average Bonchev–Trinajstić information content (AvgIpc) is 2.09. The van der Waals surface area contributed by atoms with E-state index < -0.39 is 0 Å². The maximum absolute atomic E-state index is 9.90. The van der Waals surface area contributed by atoms with Gasteiger partial charge in [0, 0.05) is 19.1 Å². The molecule has 3 heteroatoms. The highest BCUT2D eigenvalue weighted by Gasteiger charge is 2.22. The molecule has 0 bridgehead atoms. The normalized spacial score (nSPS) is 15.0. The SMILES string of the molecule is CC(C)N(CCO)CCC(O)C(C)(C)C. The Labute approximate surface area is 94.1 Å². The number of aliphatic hydroxyl groups is 2. The van der Waals surface area contributed by atoms with Crippen LogP contribution < -0.4 is 0 Å². The lowest BCUT2D eigenvalue weighted by molar-refractivity contribution is 0.0398. The second-order valence-corrected chi connectivity index (χ2v) is 5.52. The van der Waals surface area contributed by atoms with Gasteiger partial charge in [0.1, 0.15) is 0 Å².